The average Bonchev–Trinajstić information content (AvgIpc) is 3.01. The number of amides is 2. The Morgan fingerprint density at radius 1 is 1.22 bits per heavy atom. The predicted octanol–water partition coefficient (Wildman–Crippen LogP) is 5.24. The molecule has 7 nitrogen and oxygen atoms in total. The lowest BCUT2D eigenvalue weighted by Crippen LogP contribution is -2.27. The highest BCUT2D eigenvalue weighted by molar-refractivity contribution is 14.1. The molecule has 2 amide bonds. The molecule has 0 spiro atoms. The van der Waals surface area contributed by atoms with Gasteiger partial charge < -0.3 is 14.2 Å². The Bertz CT molecular complexity index is 1070. The molecule has 0 aromatic heterocycles. The summed E-state index contributed by atoms with van der Waals surface area (Å²) in [5.41, 5.74) is 1.53. The molecule has 0 saturated carbocycles. The number of hydrogen-bond donors (Lipinski definition) is 0. The maximum atomic E-state index is 12.8. The van der Waals surface area contributed by atoms with E-state index in [-0.39, 0.29) is 30.9 Å². The van der Waals surface area contributed by atoms with E-state index in [4.69, 9.17) is 14.2 Å². The van der Waals surface area contributed by atoms with E-state index in [1.807, 2.05) is 24.3 Å². The van der Waals surface area contributed by atoms with Gasteiger partial charge in [-0.05, 0) is 82.7 Å². The second kappa shape index (κ2) is 11.2. The Kier molecular flexibility index (Phi) is 8.60. The van der Waals surface area contributed by atoms with E-state index < -0.39 is 5.97 Å². The molecule has 10 heteroatoms. The zero-order valence-corrected chi connectivity index (χ0v) is 21.8. The minimum absolute atomic E-state index is 0.205. The van der Waals surface area contributed by atoms with Crippen LogP contribution in [-0.2, 0) is 20.9 Å². The average molecular weight is 632 g/mol. The Morgan fingerprint density at radius 3 is 2.59 bits per heavy atom. The molecule has 1 saturated heterocycles. The summed E-state index contributed by atoms with van der Waals surface area (Å²) in [6, 6.07) is 10.9. The van der Waals surface area contributed by atoms with Gasteiger partial charge in [-0.3, -0.25) is 14.5 Å². The van der Waals surface area contributed by atoms with Crippen molar-refractivity contribution in [2.24, 2.45) is 0 Å². The van der Waals surface area contributed by atoms with Crippen LogP contribution in [0.1, 0.15) is 18.1 Å². The van der Waals surface area contributed by atoms with Gasteiger partial charge in [0.25, 0.3) is 11.1 Å². The van der Waals surface area contributed by atoms with Gasteiger partial charge in [0.1, 0.15) is 0 Å². The summed E-state index contributed by atoms with van der Waals surface area (Å²) < 4.78 is 17.4. The number of ether oxygens (including phenoxy) is 3. The molecule has 0 N–H and O–H groups in total. The highest BCUT2D eigenvalue weighted by Gasteiger charge is 2.35. The Hall–Kier alpha value is -2.05. The second-order valence-corrected chi connectivity index (χ2v) is 9.59. The van der Waals surface area contributed by atoms with Crippen LogP contribution in [0.4, 0.5) is 4.79 Å². The van der Waals surface area contributed by atoms with Crippen molar-refractivity contribution in [2.45, 2.75) is 13.5 Å². The number of rotatable bonds is 8. The maximum absolute atomic E-state index is 12.8. The van der Waals surface area contributed by atoms with E-state index in [1.165, 1.54) is 12.0 Å². The SMILES string of the molecule is CCOC(=O)COc1c(I)cc(/C=C2\SC(=O)N(Cc3ccc(Br)cc3)C2=O)cc1OC. The van der Waals surface area contributed by atoms with Gasteiger partial charge in [-0.15, -0.1) is 0 Å². The molecule has 1 aliphatic rings. The molecule has 0 bridgehead atoms. The van der Waals surface area contributed by atoms with Crippen molar-refractivity contribution in [2.75, 3.05) is 20.3 Å². The first-order valence-corrected chi connectivity index (χ1v) is 12.2. The van der Waals surface area contributed by atoms with E-state index >= 15 is 0 Å². The fourth-order valence-corrected chi connectivity index (χ4v) is 4.74. The third-order valence-electron chi connectivity index (χ3n) is 4.32. The molecule has 1 aliphatic heterocycles. The van der Waals surface area contributed by atoms with Gasteiger partial charge in [-0.25, -0.2) is 4.79 Å². The number of esters is 1. The monoisotopic (exact) mass is 631 g/mol. The predicted molar refractivity (Wildman–Crippen MR) is 133 cm³/mol. The summed E-state index contributed by atoms with van der Waals surface area (Å²) in [7, 11) is 1.48. The van der Waals surface area contributed by atoms with Crippen LogP contribution in [0.2, 0.25) is 0 Å². The molecular weight excluding hydrogens is 613 g/mol. The van der Waals surface area contributed by atoms with E-state index in [2.05, 4.69) is 38.5 Å². The molecule has 2 aromatic carbocycles. The highest BCUT2D eigenvalue weighted by Crippen LogP contribution is 2.37. The Morgan fingerprint density at radius 2 is 1.94 bits per heavy atom. The van der Waals surface area contributed by atoms with Crippen LogP contribution < -0.4 is 9.47 Å². The molecule has 1 fully saturated rings. The molecule has 2 aromatic rings. The quantitative estimate of drug-likeness (QED) is 0.224. The van der Waals surface area contributed by atoms with Crippen molar-refractivity contribution in [3.8, 4) is 11.5 Å². The van der Waals surface area contributed by atoms with E-state index in [0.29, 0.717) is 25.5 Å². The zero-order chi connectivity index (χ0) is 23.3. The molecule has 168 valence electrons. The van der Waals surface area contributed by atoms with E-state index in [9.17, 15) is 14.4 Å². The molecule has 0 aliphatic carbocycles. The van der Waals surface area contributed by atoms with Gasteiger partial charge in [-0.2, -0.15) is 0 Å². The first-order chi connectivity index (χ1) is 15.3. The third-order valence-corrected chi connectivity index (χ3v) is 6.55. The minimum Gasteiger partial charge on any atom is -0.493 e. The molecule has 3 rings (SSSR count). The topological polar surface area (TPSA) is 82.1 Å². The standard InChI is InChI=1S/C22H19BrINO6S/c1-3-30-19(26)12-31-20-16(24)8-14(9-17(20)29-2)10-18-21(27)25(22(28)32-18)11-13-4-6-15(23)7-5-13/h4-10H,3,11-12H2,1-2H3/b18-10-. The molecule has 0 unspecified atom stereocenters. The number of methoxy groups -OCH3 is 1. The summed E-state index contributed by atoms with van der Waals surface area (Å²) >= 11 is 6.33. The Balaban J connectivity index is 1.79. The largest absolute Gasteiger partial charge is 0.493 e. The fraction of sp³-hybridized carbons (Fsp3) is 0.227. The van der Waals surface area contributed by atoms with Gasteiger partial charge >= 0.3 is 5.97 Å². The Labute approximate surface area is 211 Å². The lowest BCUT2D eigenvalue weighted by molar-refractivity contribution is -0.145. The molecule has 0 atom stereocenters. The molecule has 1 heterocycles. The molecular formula is C22H19BrINO6S. The van der Waals surface area contributed by atoms with Gasteiger partial charge in [-0.1, -0.05) is 28.1 Å². The smallest absolute Gasteiger partial charge is 0.344 e. The number of carbonyl (C=O) groups excluding carboxylic acids is 3. The van der Waals surface area contributed by atoms with Crippen molar-refractivity contribution in [3.63, 3.8) is 0 Å². The van der Waals surface area contributed by atoms with Crippen molar-refractivity contribution in [1.82, 2.24) is 4.90 Å². The second-order valence-electron chi connectivity index (χ2n) is 6.52. The maximum Gasteiger partial charge on any atom is 0.344 e. The van der Waals surface area contributed by atoms with Crippen LogP contribution in [0, 0.1) is 3.57 Å². The van der Waals surface area contributed by atoms with Gasteiger partial charge in [0.05, 0.1) is 28.7 Å². The summed E-state index contributed by atoms with van der Waals surface area (Å²) in [6.45, 7) is 1.95. The first kappa shape index (κ1) is 24.6. The van der Waals surface area contributed by atoms with Crippen molar-refractivity contribution >= 4 is 73.5 Å². The van der Waals surface area contributed by atoms with E-state index in [0.717, 1.165) is 21.8 Å². The minimum atomic E-state index is -0.478. The van der Waals surface area contributed by atoms with Gasteiger partial charge in [0.15, 0.2) is 18.1 Å². The highest BCUT2D eigenvalue weighted by atomic mass is 127. The summed E-state index contributed by atoms with van der Waals surface area (Å²) in [6.07, 6.45) is 1.65. The van der Waals surface area contributed by atoms with Crippen LogP contribution >= 0.6 is 50.3 Å². The summed E-state index contributed by atoms with van der Waals surface area (Å²) in [5, 5.41) is -0.319. The summed E-state index contributed by atoms with van der Waals surface area (Å²) in [5.74, 6) is -0.0170. The number of imide groups is 1. The van der Waals surface area contributed by atoms with Crippen molar-refractivity contribution in [3.05, 3.63) is 60.5 Å². The van der Waals surface area contributed by atoms with Crippen LogP contribution in [0.3, 0.4) is 0 Å². The molecule has 32 heavy (non-hydrogen) atoms. The fourth-order valence-electron chi connectivity index (χ4n) is 2.86. The number of benzene rings is 2. The number of hydrogen-bond acceptors (Lipinski definition) is 7. The third kappa shape index (κ3) is 6.04. The number of nitrogens with zero attached hydrogens (tertiary/aromatic N) is 1. The normalized spacial score (nSPS) is 14.8. The number of carbonyl (C=O) groups is 3. The van der Waals surface area contributed by atoms with Gasteiger partial charge in [0.2, 0.25) is 0 Å². The van der Waals surface area contributed by atoms with Crippen LogP contribution in [-0.4, -0.2) is 42.3 Å². The first-order valence-electron chi connectivity index (χ1n) is 9.48. The van der Waals surface area contributed by atoms with Crippen LogP contribution in [0.25, 0.3) is 6.08 Å². The van der Waals surface area contributed by atoms with E-state index in [1.54, 1.807) is 25.1 Å². The lowest BCUT2D eigenvalue weighted by Gasteiger charge is -2.13. The van der Waals surface area contributed by atoms with Crippen LogP contribution in [0.5, 0.6) is 11.5 Å². The van der Waals surface area contributed by atoms with Crippen molar-refractivity contribution < 1.29 is 28.6 Å². The molecule has 0 radical (unpaired) electrons. The lowest BCUT2D eigenvalue weighted by atomic mass is 10.1. The van der Waals surface area contributed by atoms with Crippen molar-refractivity contribution in [1.29, 1.82) is 0 Å². The zero-order valence-electron chi connectivity index (χ0n) is 17.2. The van der Waals surface area contributed by atoms with Gasteiger partial charge in [0, 0.05) is 4.47 Å². The number of halogens is 2. The summed E-state index contributed by atoms with van der Waals surface area (Å²) in [4.78, 5) is 38.4. The van der Waals surface area contributed by atoms with Crippen LogP contribution in [0.15, 0.2) is 45.8 Å². The number of thioether (sulfide) groups is 1.